The fraction of sp³-hybridized carbons (Fsp3) is 0.450. The average molecular weight is 367 g/mol. The lowest BCUT2D eigenvalue weighted by atomic mass is 10.0. The highest BCUT2D eigenvalue weighted by atomic mass is 16.6. The van der Waals surface area contributed by atoms with Crippen molar-refractivity contribution in [1.82, 2.24) is 25.5 Å². The number of imidazole rings is 1. The summed E-state index contributed by atoms with van der Waals surface area (Å²) >= 11 is 0. The maximum absolute atomic E-state index is 11.8. The molecule has 1 fully saturated rings. The van der Waals surface area contributed by atoms with Crippen LogP contribution in [0, 0.1) is 6.92 Å². The smallest absolute Gasteiger partial charge is 0.407 e. The first kappa shape index (κ1) is 17.6. The van der Waals surface area contributed by atoms with Crippen LogP contribution in [0.5, 0.6) is 0 Å². The summed E-state index contributed by atoms with van der Waals surface area (Å²) in [6.45, 7) is 5.89. The number of fused-ring (bicyclic) bond motifs is 1. The van der Waals surface area contributed by atoms with Gasteiger partial charge in [0.1, 0.15) is 11.8 Å². The number of aromatic nitrogens is 4. The van der Waals surface area contributed by atoms with Crippen LogP contribution in [0.1, 0.15) is 50.3 Å². The zero-order valence-corrected chi connectivity index (χ0v) is 15.9. The second-order valence-electron chi connectivity index (χ2n) is 7.60. The van der Waals surface area contributed by atoms with E-state index < -0.39 is 0 Å². The van der Waals surface area contributed by atoms with E-state index >= 15 is 0 Å². The first-order valence-electron chi connectivity index (χ1n) is 9.47. The molecule has 3 N–H and O–H groups in total. The van der Waals surface area contributed by atoms with Gasteiger partial charge in [0, 0.05) is 17.7 Å². The van der Waals surface area contributed by atoms with E-state index in [1.54, 1.807) is 0 Å². The minimum absolute atomic E-state index is 0.0469. The molecule has 1 aliphatic rings. The summed E-state index contributed by atoms with van der Waals surface area (Å²) in [5.41, 5.74) is 5.00. The Morgan fingerprint density at radius 3 is 2.96 bits per heavy atom. The molecule has 1 saturated carbocycles. The molecule has 7 heteroatoms. The normalized spacial score (nSPS) is 19.7. The van der Waals surface area contributed by atoms with E-state index in [0.717, 1.165) is 53.1 Å². The van der Waals surface area contributed by atoms with Gasteiger partial charge in [-0.2, -0.15) is 5.10 Å². The summed E-state index contributed by atoms with van der Waals surface area (Å²) in [7, 11) is 0. The van der Waals surface area contributed by atoms with Gasteiger partial charge in [0.05, 0.1) is 11.0 Å². The molecule has 2 unspecified atom stereocenters. The van der Waals surface area contributed by atoms with Gasteiger partial charge in [0.15, 0.2) is 5.82 Å². The zero-order chi connectivity index (χ0) is 19.0. The molecular formula is C20H25N5O2. The highest BCUT2D eigenvalue weighted by molar-refractivity contribution is 5.81. The number of nitrogens with zero attached hydrogens (tertiary/aromatic N) is 2. The van der Waals surface area contributed by atoms with Gasteiger partial charge in [0.2, 0.25) is 0 Å². The third kappa shape index (κ3) is 3.67. The Labute approximate surface area is 157 Å². The largest absolute Gasteiger partial charge is 0.446 e. The van der Waals surface area contributed by atoms with Gasteiger partial charge in [-0.15, -0.1) is 0 Å². The van der Waals surface area contributed by atoms with Gasteiger partial charge in [-0.1, -0.05) is 12.1 Å². The van der Waals surface area contributed by atoms with Gasteiger partial charge in [0.25, 0.3) is 0 Å². The number of hydrogen-bond acceptors (Lipinski definition) is 4. The summed E-state index contributed by atoms with van der Waals surface area (Å²) in [4.78, 5) is 19.8. The van der Waals surface area contributed by atoms with E-state index in [1.165, 1.54) is 0 Å². The molecule has 0 radical (unpaired) electrons. The Hall–Kier alpha value is -2.83. The number of H-pyrrole nitrogens is 2. The predicted molar refractivity (Wildman–Crippen MR) is 104 cm³/mol. The second kappa shape index (κ2) is 7.06. The molecule has 0 spiro atoms. The summed E-state index contributed by atoms with van der Waals surface area (Å²) in [5.74, 6) is 1.08. The first-order chi connectivity index (χ1) is 13.0. The maximum Gasteiger partial charge on any atom is 0.407 e. The van der Waals surface area contributed by atoms with E-state index in [2.05, 4.69) is 38.5 Å². The van der Waals surface area contributed by atoms with Crippen LogP contribution >= 0.6 is 0 Å². The SMILES string of the molecule is Cc1cccc2[nH]c(-c3cc(C4CCC(OC(=O)NC(C)C)C4)[nH]n3)nc12. The van der Waals surface area contributed by atoms with Crippen molar-refractivity contribution >= 4 is 17.1 Å². The monoisotopic (exact) mass is 367 g/mol. The van der Waals surface area contributed by atoms with E-state index in [0.29, 0.717) is 5.92 Å². The van der Waals surface area contributed by atoms with Crippen LogP contribution in [0.15, 0.2) is 24.3 Å². The molecule has 27 heavy (non-hydrogen) atoms. The third-order valence-electron chi connectivity index (χ3n) is 5.06. The number of carbonyl (C=O) groups excluding carboxylic acids is 1. The topological polar surface area (TPSA) is 95.7 Å². The van der Waals surface area contributed by atoms with Crippen molar-refractivity contribution in [2.24, 2.45) is 0 Å². The highest BCUT2D eigenvalue weighted by Crippen LogP contribution is 2.36. The lowest BCUT2D eigenvalue weighted by molar-refractivity contribution is 0.0981. The molecule has 3 aromatic rings. The number of aryl methyl sites for hydroxylation is 1. The van der Waals surface area contributed by atoms with Crippen molar-refractivity contribution in [2.75, 3.05) is 0 Å². The quantitative estimate of drug-likeness (QED) is 0.649. The number of rotatable bonds is 4. The number of carbonyl (C=O) groups is 1. The Kier molecular flexibility index (Phi) is 4.59. The molecule has 7 nitrogen and oxygen atoms in total. The predicted octanol–water partition coefficient (Wildman–Crippen LogP) is 4.03. The Morgan fingerprint density at radius 2 is 2.19 bits per heavy atom. The summed E-state index contributed by atoms with van der Waals surface area (Å²) in [6.07, 6.45) is 2.27. The maximum atomic E-state index is 11.8. The Bertz CT molecular complexity index is 958. The van der Waals surface area contributed by atoms with E-state index in [9.17, 15) is 4.79 Å². The molecule has 2 atom stereocenters. The second-order valence-corrected chi connectivity index (χ2v) is 7.60. The molecule has 0 aliphatic heterocycles. The lowest BCUT2D eigenvalue weighted by Gasteiger charge is -2.14. The van der Waals surface area contributed by atoms with E-state index in [-0.39, 0.29) is 18.2 Å². The molecule has 1 aliphatic carbocycles. The van der Waals surface area contributed by atoms with Crippen molar-refractivity contribution in [3.05, 3.63) is 35.5 Å². The standard InChI is InChI=1S/C20H25N5O2/c1-11(2)21-20(26)27-14-8-7-13(9-14)16-10-17(25-24-16)19-22-15-6-4-5-12(3)18(15)23-19/h4-6,10-11,13-14H,7-9H2,1-3H3,(H,21,26)(H,22,23)(H,24,25). The molecule has 1 amide bonds. The number of amides is 1. The van der Waals surface area contributed by atoms with Gasteiger partial charge in [-0.25, -0.2) is 9.78 Å². The van der Waals surface area contributed by atoms with Gasteiger partial charge in [-0.3, -0.25) is 5.10 Å². The van der Waals surface area contributed by atoms with Crippen molar-refractivity contribution in [3.63, 3.8) is 0 Å². The van der Waals surface area contributed by atoms with Crippen LogP contribution < -0.4 is 5.32 Å². The summed E-state index contributed by atoms with van der Waals surface area (Å²) in [5, 5.41) is 10.4. The third-order valence-corrected chi connectivity index (χ3v) is 5.06. The first-order valence-corrected chi connectivity index (χ1v) is 9.47. The Morgan fingerprint density at radius 1 is 1.33 bits per heavy atom. The summed E-state index contributed by atoms with van der Waals surface area (Å²) < 4.78 is 5.52. The Balaban J connectivity index is 1.45. The van der Waals surface area contributed by atoms with Crippen molar-refractivity contribution in [2.45, 2.75) is 58.1 Å². The summed E-state index contributed by atoms with van der Waals surface area (Å²) in [6, 6.07) is 8.22. The molecular weight excluding hydrogens is 342 g/mol. The number of nitrogens with one attached hydrogen (secondary N) is 3. The number of hydrogen-bond donors (Lipinski definition) is 3. The van der Waals surface area contributed by atoms with Gasteiger partial charge < -0.3 is 15.0 Å². The van der Waals surface area contributed by atoms with Gasteiger partial charge >= 0.3 is 6.09 Å². The fourth-order valence-corrected chi connectivity index (χ4v) is 3.71. The molecule has 4 rings (SSSR count). The van der Waals surface area contributed by atoms with Crippen LogP contribution in [-0.4, -0.2) is 38.4 Å². The number of benzene rings is 1. The van der Waals surface area contributed by atoms with E-state index in [4.69, 9.17) is 4.74 Å². The molecule has 0 bridgehead atoms. The molecule has 0 saturated heterocycles. The van der Waals surface area contributed by atoms with Gasteiger partial charge in [-0.05, 0) is 57.7 Å². The number of alkyl carbamates (subject to hydrolysis) is 1. The van der Waals surface area contributed by atoms with Crippen LogP contribution in [-0.2, 0) is 4.74 Å². The minimum atomic E-state index is -0.335. The molecule has 142 valence electrons. The highest BCUT2D eigenvalue weighted by Gasteiger charge is 2.30. The van der Waals surface area contributed by atoms with Crippen molar-refractivity contribution < 1.29 is 9.53 Å². The zero-order valence-electron chi connectivity index (χ0n) is 15.9. The number of ether oxygens (including phenoxy) is 1. The van der Waals surface area contributed by atoms with Crippen LogP contribution in [0.4, 0.5) is 4.79 Å². The molecule has 2 aromatic heterocycles. The van der Waals surface area contributed by atoms with E-state index in [1.807, 2.05) is 32.0 Å². The molecule has 1 aromatic carbocycles. The van der Waals surface area contributed by atoms with Crippen LogP contribution in [0.3, 0.4) is 0 Å². The molecule has 2 heterocycles. The minimum Gasteiger partial charge on any atom is -0.446 e. The lowest BCUT2D eigenvalue weighted by Crippen LogP contribution is -2.33. The average Bonchev–Trinajstić information content (AvgIpc) is 3.32. The number of aromatic amines is 2. The van der Waals surface area contributed by atoms with Crippen molar-refractivity contribution in [1.29, 1.82) is 0 Å². The van der Waals surface area contributed by atoms with Crippen molar-refractivity contribution in [3.8, 4) is 11.5 Å². The van der Waals surface area contributed by atoms with Crippen LogP contribution in [0.2, 0.25) is 0 Å². The van der Waals surface area contributed by atoms with Crippen LogP contribution in [0.25, 0.3) is 22.6 Å². The number of para-hydroxylation sites is 1. The fourth-order valence-electron chi connectivity index (χ4n) is 3.71.